The Morgan fingerprint density at radius 2 is 1.68 bits per heavy atom. The van der Waals surface area contributed by atoms with E-state index in [1.165, 1.54) is 24.3 Å². The lowest BCUT2D eigenvalue weighted by Crippen LogP contribution is -2.32. The average molecular weight is 404 g/mol. The maximum atomic E-state index is 12.3. The molecule has 0 saturated carbocycles. The summed E-state index contributed by atoms with van der Waals surface area (Å²) in [6.45, 7) is 3.93. The van der Waals surface area contributed by atoms with Gasteiger partial charge in [-0.05, 0) is 55.3 Å². The lowest BCUT2D eigenvalue weighted by atomic mass is 10.1. The zero-order valence-corrected chi connectivity index (χ0v) is 17.0. The summed E-state index contributed by atoms with van der Waals surface area (Å²) in [7, 11) is -2.05. The molecule has 7 nitrogen and oxygen atoms in total. The van der Waals surface area contributed by atoms with Crippen LogP contribution in [0.15, 0.2) is 53.4 Å². The summed E-state index contributed by atoms with van der Waals surface area (Å²) >= 11 is 0. The Morgan fingerprint density at radius 3 is 2.29 bits per heavy atom. The van der Waals surface area contributed by atoms with E-state index in [4.69, 9.17) is 0 Å². The zero-order valence-electron chi connectivity index (χ0n) is 16.2. The van der Waals surface area contributed by atoms with Gasteiger partial charge < -0.3 is 10.6 Å². The summed E-state index contributed by atoms with van der Waals surface area (Å²) in [4.78, 5) is 24.1. The van der Waals surface area contributed by atoms with E-state index in [1.807, 2.05) is 13.0 Å². The molecular weight excluding hydrogens is 378 g/mol. The zero-order chi connectivity index (χ0) is 20.7. The molecule has 3 N–H and O–H groups in total. The fraction of sp³-hybridized carbons (Fsp3) is 0.300. The average Bonchev–Trinajstić information content (AvgIpc) is 2.71. The second kappa shape index (κ2) is 9.48. The van der Waals surface area contributed by atoms with Gasteiger partial charge in [-0.2, -0.15) is 0 Å². The fourth-order valence-corrected chi connectivity index (χ4v) is 3.78. The highest BCUT2D eigenvalue weighted by Crippen LogP contribution is 2.12. The van der Waals surface area contributed by atoms with Crippen molar-refractivity contribution in [2.24, 2.45) is 0 Å². The van der Waals surface area contributed by atoms with E-state index in [0.717, 1.165) is 5.56 Å². The lowest BCUT2D eigenvalue weighted by Gasteiger charge is -2.12. The van der Waals surface area contributed by atoms with Crippen molar-refractivity contribution in [3.63, 3.8) is 0 Å². The van der Waals surface area contributed by atoms with Gasteiger partial charge in [0, 0.05) is 30.8 Å². The summed E-state index contributed by atoms with van der Waals surface area (Å²) in [6, 6.07) is 12.5. The van der Waals surface area contributed by atoms with E-state index in [2.05, 4.69) is 15.4 Å². The van der Waals surface area contributed by atoms with Crippen LogP contribution in [-0.2, 0) is 16.6 Å². The van der Waals surface area contributed by atoms with E-state index in [0.29, 0.717) is 17.5 Å². The first-order chi connectivity index (χ1) is 13.3. The monoisotopic (exact) mass is 403 g/mol. The van der Waals surface area contributed by atoms with Crippen LogP contribution >= 0.6 is 0 Å². The number of carbonyl (C=O) groups is 2. The standard InChI is InChI=1S/C20H25N3O4S/c1-4-14(2)23-28(26,27)18-10-8-16(9-11-18)20(25)22-13-15-6-5-7-17(12-15)19(24)21-3/h5-12,14,23H,4,13H2,1-3H3,(H,21,24)(H,22,25). The summed E-state index contributed by atoms with van der Waals surface area (Å²) in [5.41, 5.74) is 1.65. The van der Waals surface area contributed by atoms with Crippen LogP contribution in [-0.4, -0.2) is 33.3 Å². The summed E-state index contributed by atoms with van der Waals surface area (Å²) < 4.78 is 27.1. The highest BCUT2D eigenvalue weighted by molar-refractivity contribution is 7.89. The Kier molecular flexibility index (Phi) is 7.31. The van der Waals surface area contributed by atoms with E-state index in [1.54, 1.807) is 32.2 Å². The van der Waals surface area contributed by atoms with E-state index < -0.39 is 10.0 Å². The van der Waals surface area contributed by atoms with Crippen molar-refractivity contribution in [2.75, 3.05) is 7.05 Å². The molecule has 2 aromatic carbocycles. The number of sulfonamides is 1. The van der Waals surface area contributed by atoms with Gasteiger partial charge in [0.2, 0.25) is 10.0 Å². The molecule has 2 amide bonds. The van der Waals surface area contributed by atoms with Crippen molar-refractivity contribution in [1.82, 2.24) is 15.4 Å². The predicted octanol–water partition coefficient (Wildman–Crippen LogP) is 2.05. The molecule has 0 radical (unpaired) electrons. The first-order valence-corrected chi connectivity index (χ1v) is 10.5. The van der Waals surface area contributed by atoms with Crippen molar-refractivity contribution in [1.29, 1.82) is 0 Å². The van der Waals surface area contributed by atoms with E-state index in [-0.39, 0.29) is 29.3 Å². The third-order valence-electron chi connectivity index (χ3n) is 4.26. The first-order valence-electron chi connectivity index (χ1n) is 8.98. The van der Waals surface area contributed by atoms with Gasteiger partial charge in [0.05, 0.1) is 4.90 Å². The molecule has 0 aliphatic rings. The molecule has 0 bridgehead atoms. The SMILES string of the molecule is CCC(C)NS(=O)(=O)c1ccc(C(=O)NCc2cccc(C(=O)NC)c2)cc1. The van der Waals surface area contributed by atoms with Crippen molar-refractivity contribution >= 4 is 21.8 Å². The van der Waals surface area contributed by atoms with Crippen molar-refractivity contribution in [3.05, 3.63) is 65.2 Å². The largest absolute Gasteiger partial charge is 0.355 e. The number of carbonyl (C=O) groups excluding carboxylic acids is 2. The Bertz CT molecular complexity index is 940. The number of hydrogen-bond acceptors (Lipinski definition) is 4. The Hall–Kier alpha value is -2.71. The normalized spacial score (nSPS) is 12.2. The molecule has 2 rings (SSSR count). The van der Waals surface area contributed by atoms with Gasteiger partial charge in [-0.3, -0.25) is 9.59 Å². The minimum absolute atomic E-state index is 0.114. The van der Waals surface area contributed by atoms with Crippen LogP contribution in [0.2, 0.25) is 0 Å². The molecule has 0 saturated heterocycles. The molecule has 1 atom stereocenters. The van der Waals surface area contributed by atoms with Crippen molar-refractivity contribution < 1.29 is 18.0 Å². The lowest BCUT2D eigenvalue weighted by molar-refractivity contribution is 0.0948. The highest BCUT2D eigenvalue weighted by atomic mass is 32.2. The number of rotatable bonds is 8. The highest BCUT2D eigenvalue weighted by Gasteiger charge is 2.17. The van der Waals surface area contributed by atoms with Gasteiger partial charge in [0.25, 0.3) is 11.8 Å². The number of benzene rings is 2. The molecule has 150 valence electrons. The Labute approximate surface area is 165 Å². The second-order valence-electron chi connectivity index (χ2n) is 6.42. The van der Waals surface area contributed by atoms with Crippen molar-refractivity contribution in [2.45, 2.75) is 37.8 Å². The minimum atomic E-state index is -3.60. The van der Waals surface area contributed by atoms with Crippen LogP contribution in [0.25, 0.3) is 0 Å². The molecule has 2 aromatic rings. The molecule has 1 unspecified atom stereocenters. The number of amides is 2. The van der Waals surface area contributed by atoms with Gasteiger partial charge in [-0.1, -0.05) is 19.1 Å². The molecule has 8 heteroatoms. The van der Waals surface area contributed by atoms with Crippen LogP contribution in [0.1, 0.15) is 46.5 Å². The second-order valence-corrected chi connectivity index (χ2v) is 8.13. The number of hydrogen-bond donors (Lipinski definition) is 3. The first kappa shape index (κ1) is 21.6. The molecule has 0 spiro atoms. The maximum Gasteiger partial charge on any atom is 0.251 e. The molecule has 0 aliphatic carbocycles. The van der Waals surface area contributed by atoms with Gasteiger partial charge in [0.1, 0.15) is 0 Å². The molecule has 0 heterocycles. The van der Waals surface area contributed by atoms with Crippen LogP contribution < -0.4 is 15.4 Å². The van der Waals surface area contributed by atoms with Crippen LogP contribution in [0.3, 0.4) is 0 Å². The minimum Gasteiger partial charge on any atom is -0.355 e. The van der Waals surface area contributed by atoms with E-state index in [9.17, 15) is 18.0 Å². The Balaban J connectivity index is 2.03. The van der Waals surface area contributed by atoms with E-state index >= 15 is 0 Å². The predicted molar refractivity (Wildman–Crippen MR) is 108 cm³/mol. The summed E-state index contributed by atoms with van der Waals surface area (Å²) in [5.74, 6) is -0.528. The smallest absolute Gasteiger partial charge is 0.251 e. The Morgan fingerprint density at radius 1 is 1.00 bits per heavy atom. The quantitative estimate of drug-likeness (QED) is 0.627. The van der Waals surface area contributed by atoms with Gasteiger partial charge in [-0.25, -0.2) is 13.1 Å². The number of nitrogens with one attached hydrogen (secondary N) is 3. The molecular formula is C20H25N3O4S. The third kappa shape index (κ3) is 5.64. The van der Waals surface area contributed by atoms with Gasteiger partial charge >= 0.3 is 0 Å². The van der Waals surface area contributed by atoms with Crippen molar-refractivity contribution in [3.8, 4) is 0 Å². The third-order valence-corrected chi connectivity index (χ3v) is 5.87. The molecule has 0 aliphatic heterocycles. The van der Waals surface area contributed by atoms with Gasteiger partial charge in [-0.15, -0.1) is 0 Å². The van der Waals surface area contributed by atoms with Crippen LogP contribution in [0, 0.1) is 0 Å². The molecule has 0 fully saturated rings. The van der Waals surface area contributed by atoms with Gasteiger partial charge in [0.15, 0.2) is 0 Å². The van der Waals surface area contributed by atoms with Crippen LogP contribution in [0.5, 0.6) is 0 Å². The summed E-state index contributed by atoms with van der Waals surface area (Å²) in [5, 5.41) is 5.31. The molecule has 28 heavy (non-hydrogen) atoms. The van der Waals surface area contributed by atoms with Crippen LogP contribution in [0.4, 0.5) is 0 Å². The molecule has 0 aromatic heterocycles. The summed E-state index contributed by atoms with van der Waals surface area (Å²) in [6.07, 6.45) is 0.681. The fourth-order valence-electron chi connectivity index (χ4n) is 2.45. The maximum absolute atomic E-state index is 12.3. The topological polar surface area (TPSA) is 104 Å².